The fourth-order valence-electron chi connectivity index (χ4n) is 3.60. The zero-order valence-corrected chi connectivity index (χ0v) is 17.2. The summed E-state index contributed by atoms with van der Waals surface area (Å²) in [5, 5.41) is 2.77. The van der Waals surface area contributed by atoms with Crippen molar-refractivity contribution in [3.05, 3.63) is 78.3 Å². The van der Waals surface area contributed by atoms with Crippen molar-refractivity contribution in [2.24, 2.45) is 0 Å². The van der Waals surface area contributed by atoms with Crippen molar-refractivity contribution in [2.75, 3.05) is 5.32 Å². The molecule has 1 aliphatic carbocycles. The highest BCUT2D eigenvalue weighted by Gasteiger charge is 2.23. The van der Waals surface area contributed by atoms with E-state index in [9.17, 15) is 13.2 Å². The van der Waals surface area contributed by atoms with Gasteiger partial charge in [-0.3, -0.25) is 4.79 Å². The van der Waals surface area contributed by atoms with Crippen LogP contribution in [0.25, 0.3) is 0 Å². The van der Waals surface area contributed by atoms with Crippen LogP contribution in [0.1, 0.15) is 41.8 Å². The number of nitrogens with one attached hydrogen (secondary N) is 1. The van der Waals surface area contributed by atoms with Crippen LogP contribution in [-0.2, 0) is 15.6 Å². The Morgan fingerprint density at radius 2 is 1.80 bits per heavy atom. The van der Waals surface area contributed by atoms with E-state index in [0.29, 0.717) is 17.0 Å². The Morgan fingerprint density at radius 1 is 1.03 bits per heavy atom. The standard InChI is InChI=1S/C23H23NO5S/c25-23(24-18-7-6-10-20(15-18)29-19-8-4-5-9-19)22-17(13-14-28-22)16-30(26,27)21-11-2-1-3-12-21/h1-3,6-7,10-15,19H,4-5,8-9,16H2,(H,24,25). The first kappa shape index (κ1) is 20.2. The van der Waals surface area contributed by atoms with E-state index in [2.05, 4.69) is 5.32 Å². The molecule has 2 aromatic carbocycles. The lowest BCUT2D eigenvalue weighted by Gasteiger charge is -2.14. The predicted octanol–water partition coefficient (Wildman–Crippen LogP) is 4.83. The van der Waals surface area contributed by atoms with Crippen molar-refractivity contribution < 1.29 is 22.4 Å². The number of carbonyl (C=O) groups is 1. The minimum Gasteiger partial charge on any atom is -0.490 e. The van der Waals surface area contributed by atoms with Crippen molar-refractivity contribution in [3.8, 4) is 5.75 Å². The second-order valence-corrected chi connectivity index (χ2v) is 9.34. The van der Waals surface area contributed by atoms with Crippen molar-refractivity contribution >= 4 is 21.4 Å². The number of hydrogen-bond donors (Lipinski definition) is 1. The van der Waals surface area contributed by atoms with Gasteiger partial charge in [0.25, 0.3) is 5.91 Å². The fraction of sp³-hybridized carbons (Fsp3) is 0.261. The second kappa shape index (κ2) is 8.75. The summed E-state index contributed by atoms with van der Waals surface area (Å²) in [5.41, 5.74) is 0.874. The summed E-state index contributed by atoms with van der Waals surface area (Å²) < 4.78 is 36.6. The number of sulfone groups is 1. The highest BCUT2D eigenvalue weighted by atomic mass is 32.2. The van der Waals surface area contributed by atoms with Crippen LogP contribution in [0.5, 0.6) is 5.75 Å². The third-order valence-electron chi connectivity index (χ3n) is 5.10. The van der Waals surface area contributed by atoms with Crippen molar-refractivity contribution in [2.45, 2.75) is 42.4 Å². The van der Waals surface area contributed by atoms with Crippen LogP contribution < -0.4 is 10.1 Å². The summed E-state index contributed by atoms with van der Waals surface area (Å²) in [4.78, 5) is 12.9. The molecular weight excluding hydrogens is 402 g/mol. The molecule has 3 aromatic rings. The normalized spacial score (nSPS) is 14.5. The Labute approximate surface area is 175 Å². The molecule has 0 unspecified atom stereocenters. The van der Waals surface area contributed by atoms with Gasteiger partial charge in [0, 0.05) is 17.3 Å². The van der Waals surface area contributed by atoms with Gasteiger partial charge in [0.15, 0.2) is 15.6 Å². The smallest absolute Gasteiger partial charge is 0.291 e. The summed E-state index contributed by atoms with van der Waals surface area (Å²) in [7, 11) is -3.59. The van der Waals surface area contributed by atoms with E-state index < -0.39 is 15.7 Å². The van der Waals surface area contributed by atoms with Gasteiger partial charge in [-0.25, -0.2) is 8.42 Å². The molecule has 6 nitrogen and oxygen atoms in total. The molecule has 1 heterocycles. The summed E-state index contributed by atoms with van der Waals surface area (Å²) in [6, 6.07) is 16.8. The number of amides is 1. The van der Waals surface area contributed by atoms with Crippen molar-refractivity contribution in [1.82, 2.24) is 0 Å². The number of carbonyl (C=O) groups excluding carboxylic acids is 1. The summed E-state index contributed by atoms with van der Waals surface area (Å²) in [6.07, 6.45) is 5.98. The monoisotopic (exact) mass is 425 g/mol. The SMILES string of the molecule is O=C(Nc1cccc(OC2CCCC2)c1)c1occc1CS(=O)(=O)c1ccccc1. The minimum absolute atomic E-state index is 0.0170. The summed E-state index contributed by atoms with van der Waals surface area (Å²) in [5.74, 6) is -0.139. The van der Waals surface area contributed by atoms with Crippen LogP contribution in [-0.4, -0.2) is 20.4 Å². The lowest BCUT2D eigenvalue weighted by atomic mass is 10.2. The molecule has 1 fully saturated rings. The summed E-state index contributed by atoms with van der Waals surface area (Å²) >= 11 is 0. The van der Waals surface area contributed by atoms with E-state index in [1.807, 2.05) is 12.1 Å². The Balaban J connectivity index is 1.47. The molecule has 0 atom stereocenters. The molecule has 4 rings (SSSR count). The van der Waals surface area contributed by atoms with Gasteiger partial charge in [0.05, 0.1) is 23.0 Å². The van der Waals surface area contributed by atoms with Gasteiger partial charge >= 0.3 is 0 Å². The van der Waals surface area contributed by atoms with Crippen LogP contribution in [0, 0.1) is 0 Å². The maximum atomic E-state index is 12.7. The molecule has 1 N–H and O–H groups in total. The van der Waals surface area contributed by atoms with E-state index in [4.69, 9.17) is 9.15 Å². The predicted molar refractivity (Wildman–Crippen MR) is 113 cm³/mol. The number of ether oxygens (including phenoxy) is 1. The van der Waals surface area contributed by atoms with Crippen LogP contribution in [0.2, 0.25) is 0 Å². The molecule has 156 valence electrons. The van der Waals surface area contributed by atoms with E-state index in [1.165, 1.54) is 37.3 Å². The van der Waals surface area contributed by atoms with E-state index >= 15 is 0 Å². The highest BCUT2D eigenvalue weighted by Crippen LogP contribution is 2.26. The number of furan rings is 1. The van der Waals surface area contributed by atoms with Gasteiger partial charge in [-0.1, -0.05) is 24.3 Å². The molecule has 0 spiro atoms. The zero-order chi connectivity index (χ0) is 21.0. The average Bonchev–Trinajstić information content (AvgIpc) is 3.41. The first-order valence-corrected chi connectivity index (χ1v) is 11.6. The number of anilines is 1. The second-order valence-electron chi connectivity index (χ2n) is 7.35. The maximum Gasteiger partial charge on any atom is 0.291 e. The first-order valence-electron chi connectivity index (χ1n) is 9.93. The summed E-state index contributed by atoms with van der Waals surface area (Å²) in [6.45, 7) is 0. The van der Waals surface area contributed by atoms with Gasteiger partial charge in [-0.2, -0.15) is 0 Å². The third-order valence-corrected chi connectivity index (χ3v) is 6.78. The van der Waals surface area contributed by atoms with E-state index in [0.717, 1.165) is 12.8 Å². The quantitative estimate of drug-likeness (QED) is 0.586. The van der Waals surface area contributed by atoms with Gasteiger partial charge < -0.3 is 14.5 Å². The Bertz CT molecular complexity index is 1120. The molecule has 1 amide bonds. The molecule has 30 heavy (non-hydrogen) atoms. The molecule has 0 saturated heterocycles. The van der Waals surface area contributed by atoms with Crippen LogP contribution in [0.3, 0.4) is 0 Å². The Hall–Kier alpha value is -3.06. The van der Waals surface area contributed by atoms with Crippen LogP contribution in [0.15, 0.2) is 76.2 Å². The minimum atomic E-state index is -3.59. The first-order chi connectivity index (χ1) is 14.5. The molecule has 1 aliphatic rings. The lowest BCUT2D eigenvalue weighted by Crippen LogP contribution is -2.15. The van der Waals surface area contributed by atoms with Crippen LogP contribution in [0.4, 0.5) is 5.69 Å². The highest BCUT2D eigenvalue weighted by molar-refractivity contribution is 7.90. The molecular formula is C23H23NO5S. The van der Waals surface area contributed by atoms with Crippen molar-refractivity contribution in [1.29, 1.82) is 0 Å². The molecule has 0 aliphatic heterocycles. The van der Waals surface area contributed by atoms with Gasteiger partial charge in [0.2, 0.25) is 0 Å². The Kier molecular flexibility index (Phi) is 5.90. The molecule has 1 aromatic heterocycles. The molecule has 1 saturated carbocycles. The Morgan fingerprint density at radius 3 is 2.57 bits per heavy atom. The third kappa shape index (κ3) is 4.74. The topological polar surface area (TPSA) is 85.6 Å². The number of rotatable bonds is 7. The molecule has 0 radical (unpaired) electrons. The number of benzene rings is 2. The van der Waals surface area contributed by atoms with Gasteiger partial charge in [-0.05, 0) is 56.0 Å². The van der Waals surface area contributed by atoms with Crippen LogP contribution >= 0.6 is 0 Å². The maximum absolute atomic E-state index is 12.7. The van der Waals surface area contributed by atoms with Crippen molar-refractivity contribution in [3.63, 3.8) is 0 Å². The largest absolute Gasteiger partial charge is 0.490 e. The number of hydrogen-bond acceptors (Lipinski definition) is 5. The molecule has 7 heteroatoms. The van der Waals surface area contributed by atoms with Gasteiger partial charge in [0.1, 0.15) is 5.75 Å². The lowest BCUT2D eigenvalue weighted by molar-refractivity contribution is 0.0996. The average molecular weight is 426 g/mol. The zero-order valence-electron chi connectivity index (χ0n) is 16.4. The molecule has 0 bridgehead atoms. The fourth-order valence-corrected chi connectivity index (χ4v) is 4.97. The van der Waals surface area contributed by atoms with E-state index in [-0.39, 0.29) is 22.5 Å². The van der Waals surface area contributed by atoms with Gasteiger partial charge in [-0.15, -0.1) is 0 Å². The van der Waals surface area contributed by atoms with E-state index in [1.54, 1.807) is 30.3 Å².